The molecule has 0 N–H and O–H groups in total. The summed E-state index contributed by atoms with van der Waals surface area (Å²) in [7, 11) is 0. The van der Waals surface area contributed by atoms with Crippen LogP contribution in [0, 0.1) is 0 Å². The van der Waals surface area contributed by atoms with Crippen LogP contribution in [-0.4, -0.2) is 37.3 Å². The minimum Gasteiger partial charge on any atom is -0.467 e. The largest absolute Gasteiger partial charge is 0.467 e. The molecular formula is C38H42O6. The fourth-order valence-corrected chi connectivity index (χ4v) is 5.09. The highest BCUT2D eigenvalue weighted by Gasteiger charge is 2.49. The Morgan fingerprint density at radius 1 is 0.568 bits per heavy atom. The van der Waals surface area contributed by atoms with Gasteiger partial charge in [0.1, 0.15) is 24.4 Å². The first-order valence-electron chi connectivity index (χ1n) is 15.2. The summed E-state index contributed by atoms with van der Waals surface area (Å²) in [6.07, 6.45) is -0.902. The normalized spacial score (nSPS) is 22.0. The number of hydrogen-bond acceptors (Lipinski definition) is 6. The molecule has 0 bridgehead atoms. The summed E-state index contributed by atoms with van der Waals surface area (Å²) in [5.74, 6) is 0.734. The molecule has 4 aromatic rings. The van der Waals surface area contributed by atoms with E-state index in [-0.39, 0.29) is 0 Å². The lowest BCUT2D eigenvalue weighted by molar-refractivity contribution is -0.320. The van der Waals surface area contributed by atoms with Crippen LogP contribution in [0.3, 0.4) is 0 Å². The second-order valence-corrected chi connectivity index (χ2v) is 10.8. The molecule has 1 saturated heterocycles. The van der Waals surface area contributed by atoms with Crippen LogP contribution >= 0.6 is 0 Å². The number of allylic oxidation sites excluding steroid dienone is 2. The number of ether oxygens (including phenoxy) is 6. The van der Waals surface area contributed by atoms with E-state index in [4.69, 9.17) is 28.4 Å². The fraction of sp³-hybridized carbons (Fsp3) is 0.316. The Morgan fingerprint density at radius 3 is 1.43 bits per heavy atom. The van der Waals surface area contributed by atoms with E-state index >= 15 is 0 Å². The maximum atomic E-state index is 6.73. The van der Waals surface area contributed by atoms with Crippen molar-refractivity contribution in [3.05, 3.63) is 155 Å². The smallest absolute Gasteiger partial charge is 0.228 e. The summed E-state index contributed by atoms with van der Waals surface area (Å²) in [5.41, 5.74) is 4.25. The van der Waals surface area contributed by atoms with Crippen LogP contribution in [0.15, 0.2) is 133 Å². The third-order valence-corrected chi connectivity index (χ3v) is 7.55. The molecular weight excluding hydrogens is 552 g/mol. The van der Waals surface area contributed by atoms with E-state index < -0.39 is 30.7 Å². The molecule has 1 fully saturated rings. The number of rotatable bonds is 15. The summed E-state index contributed by atoms with van der Waals surface area (Å²) >= 11 is 0. The average molecular weight is 595 g/mol. The SMILES string of the molecule is C/C=C(\C)O[C@@H]1O[C@H](COCc2ccccc2)[C@@H](OCc2ccccc2)[C@H](OCc2ccccc2)[C@H]1OCc1ccccc1. The molecule has 6 nitrogen and oxygen atoms in total. The zero-order valence-electron chi connectivity index (χ0n) is 25.5. The van der Waals surface area contributed by atoms with E-state index in [1.165, 1.54) is 0 Å². The Bertz CT molecular complexity index is 1380. The molecule has 5 atom stereocenters. The van der Waals surface area contributed by atoms with Crippen molar-refractivity contribution in [3.63, 3.8) is 0 Å². The van der Waals surface area contributed by atoms with Crippen LogP contribution in [0.2, 0.25) is 0 Å². The highest BCUT2D eigenvalue weighted by atomic mass is 16.7. The van der Waals surface area contributed by atoms with Crippen LogP contribution in [0.1, 0.15) is 36.1 Å². The van der Waals surface area contributed by atoms with E-state index in [9.17, 15) is 0 Å². The average Bonchev–Trinajstić information content (AvgIpc) is 3.08. The highest BCUT2D eigenvalue weighted by Crippen LogP contribution is 2.32. The maximum absolute atomic E-state index is 6.73. The molecule has 0 aliphatic carbocycles. The predicted molar refractivity (Wildman–Crippen MR) is 170 cm³/mol. The van der Waals surface area contributed by atoms with Crippen LogP contribution in [-0.2, 0) is 54.8 Å². The molecule has 0 radical (unpaired) electrons. The lowest BCUT2D eigenvalue weighted by Gasteiger charge is -2.45. The molecule has 4 aromatic carbocycles. The van der Waals surface area contributed by atoms with Crippen molar-refractivity contribution in [1.82, 2.24) is 0 Å². The Labute approximate surface area is 261 Å². The van der Waals surface area contributed by atoms with E-state index in [1.807, 2.05) is 117 Å². The number of benzene rings is 4. The van der Waals surface area contributed by atoms with Crippen molar-refractivity contribution in [3.8, 4) is 0 Å². The minimum atomic E-state index is -0.738. The zero-order chi connectivity index (χ0) is 30.4. The van der Waals surface area contributed by atoms with Gasteiger partial charge in [0, 0.05) is 0 Å². The van der Waals surface area contributed by atoms with Gasteiger partial charge in [-0.1, -0.05) is 121 Å². The maximum Gasteiger partial charge on any atom is 0.228 e. The molecule has 230 valence electrons. The summed E-state index contributed by atoms with van der Waals surface area (Å²) in [6.45, 7) is 5.74. The third-order valence-electron chi connectivity index (χ3n) is 7.55. The summed E-state index contributed by atoms with van der Waals surface area (Å²) in [5, 5.41) is 0. The lowest BCUT2D eigenvalue weighted by atomic mass is 9.97. The zero-order valence-corrected chi connectivity index (χ0v) is 25.5. The summed E-state index contributed by atoms with van der Waals surface area (Å²) in [4.78, 5) is 0. The van der Waals surface area contributed by atoms with Gasteiger partial charge in [0.25, 0.3) is 0 Å². The second kappa shape index (κ2) is 16.9. The Kier molecular flexibility index (Phi) is 12.2. The molecule has 0 unspecified atom stereocenters. The molecule has 1 heterocycles. The summed E-state index contributed by atoms with van der Waals surface area (Å²) < 4.78 is 39.2. The molecule has 0 aromatic heterocycles. The Hall–Kier alpha value is -3.78. The highest BCUT2D eigenvalue weighted by molar-refractivity contribution is 5.16. The van der Waals surface area contributed by atoms with E-state index in [0.717, 1.165) is 28.0 Å². The molecule has 0 spiro atoms. The first kappa shape index (κ1) is 31.6. The van der Waals surface area contributed by atoms with Gasteiger partial charge in [0.2, 0.25) is 6.29 Å². The molecule has 1 aliphatic rings. The van der Waals surface area contributed by atoms with Crippen LogP contribution in [0.4, 0.5) is 0 Å². The van der Waals surface area contributed by atoms with Gasteiger partial charge in [0.15, 0.2) is 0 Å². The Balaban J connectivity index is 1.44. The first-order chi connectivity index (χ1) is 21.7. The number of hydrogen-bond donors (Lipinski definition) is 0. The van der Waals surface area contributed by atoms with Gasteiger partial charge in [-0.25, -0.2) is 0 Å². The standard InChI is InChI=1S/C38H42O6/c1-3-29(2)43-38-37(42-27-33-22-14-7-15-23-33)36(41-26-32-20-12-6-13-21-32)35(40-25-31-18-10-5-11-19-31)34(44-38)28-39-24-30-16-8-4-9-17-30/h3-23,34-38H,24-28H2,1-2H3/b29-3+/t34-,35-,36+,37-,38-/m1/s1. The third kappa shape index (κ3) is 9.36. The molecule has 0 saturated carbocycles. The predicted octanol–water partition coefficient (Wildman–Crippen LogP) is 7.62. The van der Waals surface area contributed by atoms with Gasteiger partial charge in [-0.15, -0.1) is 0 Å². The molecule has 6 heteroatoms. The van der Waals surface area contributed by atoms with Crippen molar-refractivity contribution >= 4 is 0 Å². The van der Waals surface area contributed by atoms with Crippen molar-refractivity contribution in [2.24, 2.45) is 0 Å². The molecule has 0 amide bonds. The van der Waals surface area contributed by atoms with Crippen molar-refractivity contribution in [1.29, 1.82) is 0 Å². The lowest BCUT2D eigenvalue weighted by Crippen LogP contribution is -2.61. The fourth-order valence-electron chi connectivity index (χ4n) is 5.09. The monoisotopic (exact) mass is 594 g/mol. The second-order valence-electron chi connectivity index (χ2n) is 10.8. The van der Waals surface area contributed by atoms with E-state index in [0.29, 0.717) is 33.0 Å². The van der Waals surface area contributed by atoms with Gasteiger partial charge in [-0.3, -0.25) is 0 Å². The quantitative estimate of drug-likeness (QED) is 0.132. The molecule has 44 heavy (non-hydrogen) atoms. The van der Waals surface area contributed by atoms with Gasteiger partial charge < -0.3 is 28.4 Å². The van der Waals surface area contributed by atoms with Gasteiger partial charge in [0.05, 0.1) is 38.8 Å². The van der Waals surface area contributed by atoms with Gasteiger partial charge >= 0.3 is 0 Å². The van der Waals surface area contributed by atoms with Crippen molar-refractivity contribution in [2.45, 2.75) is 71.0 Å². The van der Waals surface area contributed by atoms with Crippen molar-refractivity contribution < 1.29 is 28.4 Å². The van der Waals surface area contributed by atoms with Gasteiger partial charge in [-0.05, 0) is 42.2 Å². The van der Waals surface area contributed by atoms with Crippen molar-refractivity contribution in [2.75, 3.05) is 6.61 Å². The van der Waals surface area contributed by atoms with E-state index in [2.05, 4.69) is 24.3 Å². The van der Waals surface area contributed by atoms with Crippen LogP contribution < -0.4 is 0 Å². The first-order valence-corrected chi connectivity index (χ1v) is 15.2. The molecule has 5 rings (SSSR count). The van der Waals surface area contributed by atoms with Gasteiger partial charge in [-0.2, -0.15) is 0 Å². The Morgan fingerprint density at radius 2 is 0.977 bits per heavy atom. The topological polar surface area (TPSA) is 55.4 Å². The van der Waals surface area contributed by atoms with Crippen LogP contribution in [0.5, 0.6) is 0 Å². The molecule has 1 aliphatic heterocycles. The van der Waals surface area contributed by atoms with Crippen LogP contribution in [0.25, 0.3) is 0 Å². The minimum absolute atomic E-state index is 0.291. The van der Waals surface area contributed by atoms with E-state index in [1.54, 1.807) is 0 Å². The summed E-state index contributed by atoms with van der Waals surface area (Å²) in [6, 6.07) is 40.4.